The van der Waals surface area contributed by atoms with E-state index in [-0.39, 0.29) is 0 Å². The number of nitrogens with two attached hydrogens (primary N) is 1. The molecule has 0 saturated heterocycles. The van der Waals surface area contributed by atoms with Crippen LogP contribution >= 0.6 is 12.2 Å². The van der Waals surface area contributed by atoms with Crippen LogP contribution in [0.3, 0.4) is 0 Å². The summed E-state index contributed by atoms with van der Waals surface area (Å²) in [4.78, 5) is 2.88. The first-order valence-electron chi connectivity index (χ1n) is 5.57. The number of rotatable bonds is 5. The zero-order valence-electron chi connectivity index (χ0n) is 10.2. The van der Waals surface area contributed by atoms with Crippen molar-refractivity contribution < 1.29 is 0 Å². The highest BCUT2D eigenvalue weighted by Crippen LogP contribution is 2.21. The summed E-state index contributed by atoms with van der Waals surface area (Å²) in [5.41, 5.74) is 6.89. The molecular weight excluding hydrogens is 216 g/mol. The molecule has 88 valence electrons. The SMILES string of the molecule is CC(CC(N)=S)N(C)C(C)c1ccccc1. The monoisotopic (exact) mass is 236 g/mol. The molecule has 0 radical (unpaired) electrons. The second-order valence-electron chi connectivity index (χ2n) is 4.27. The minimum atomic E-state index is 0.368. The topological polar surface area (TPSA) is 29.3 Å². The van der Waals surface area contributed by atoms with Crippen molar-refractivity contribution >= 4 is 17.2 Å². The van der Waals surface area contributed by atoms with Gasteiger partial charge in [0.1, 0.15) is 0 Å². The Balaban J connectivity index is 2.67. The van der Waals surface area contributed by atoms with E-state index in [1.54, 1.807) is 0 Å². The summed E-state index contributed by atoms with van der Waals surface area (Å²) in [6.07, 6.45) is 0.767. The van der Waals surface area contributed by atoms with Gasteiger partial charge in [-0.2, -0.15) is 0 Å². The van der Waals surface area contributed by atoms with Gasteiger partial charge in [-0.3, -0.25) is 4.90 Å². The van der Waals surface area contributed by atoms with E-state index in [1.807, 2.05) is 6.07 Å². The first kappa shape index (κ1) is 13.1. The van der Waals surface area contributed by atoms with Crippen molar-refractivity contribution in [3.8, 4) is 0 Å². The molecular formula is C13H20N2S. The lowest BCUT2D eigenvalue weighted by atomic mass is 10.1. The largest absolute Gasteiger partial charge is 0.393 e. The van der Waals surface area contributed by atoms with Crippen molar-refractivity contribution in [2.75, 3.05) is 7.05 Å². The van der Waals surface area contributed by atoms with Crippen molar-refractivity contribution in [1.82, 2.24) is 4.90 Å². The summed E-state index contributed by atoms with van der Waals surface area (Å²) in [5, 5.41) is 0. The smallest absolute Gasteiger partial charge is 0.0742 e. The van der Waals surface area contributed by atoms with Gasteiger partial charge in [0.15, 0.2) is 0 Å². The van der Waals surface area contributed by atoms with E-state index in [0.717, 1.165) is 6.42 Å². The highest BCUT2D eigenvalue weighted by atomic mass is 32.1. The molecule has 1 aromatic carbocycles. The van der Waals surface area contributed by atoms with Crippen LogP contribution in [0.1, 0.15) is 31.9 Å². The molecule has 0 aromatic heterocycles. The second-order valence-corrected chi connectivity index (χ2v) is 4.80. The summed E-state index contributed by atoms with van der Waals surface area (Å²) >= 11 is 4.95. The number of hydrogen-bond acceptors (Lipinski definition) is 2. The van der Waals surface area contributed by atoms with Crippen molar-refractivity contribution in [2.45, 2.75) is 32.4 Å². The van der Waals surface area contributed by atoms with Gasteiger partial charge >= 0.3 is 0 Å². The Morgan fingerprint density at radius 3 is 2.38 bits per heavy atom. The lowest BCUT2D eigenvalue weighted by Gasteiger charge is -2.30. The van der Waals surface area contributed by atoms with Gasteiger partial charge in [-0.25, -0.2) is 0 Å². The molecule has 0 heterocycles. The number of thiocarbonyl (C=S) groups is 1. The van der Waals surface area contributed by atoms with Gasteiger partial charge in [0.2, 0.25) is 0 Å². The fourth-order valence-electron chi connectivity index (χ4n) is 1.78. The minimum absolute atomic E-state index is 0.368. The van der Waals surface area contributed by atoms with E-state index in [2.05, 4.69) is 50.1 Å². The number of nitrogens with zero attached hydrogens (tertiary/aromatic N) is 1. The summed E-state index contributed by atoms with van der Waals surface area (Å²) < 4.78 is 0. The van der Waals surface area contributed by atoms with Crippen LogP contribution in [0.2, 0.25) is 0 Å². The maximum Gasteiger partial charge on any atom is 0.0742 e. The number of hydrogen-bond donors (Lipinski definition) is 1. The highest BCUT2D eigenvalue weighted by molar-refractivity contribution is 7.80. The van der Waals surface area contributed by atoms with Gasteiger partial charge in [0.25, 0.3) is 0 Å². The van der Waals surface area contributed by atoms with Gasteiger partial charge < -0.3 is 5.73 Å². The molecule has 0 spiro atoms. The third-order valence-electron chi connectivity index (χ3n) is 3.08. The van der Waals surface area contributed by atoms with E-state index in [0.29, 0.717) is 17.1 Å². The van der Waals surface area contributed by atoms with E-state index in [4.69, 9.17) is 18.0 Å². The Morgan fingerprint density at radius 2 is 1.88 bits per heavy atom. The second kappa shape index (κ2) is 5.97. The zero-order valence-corrected chi connectivity index (χ0v) is 11.0. The van der Waals surface area contributed by atoms with Crippen LogP contribution in [-0.2, 0) is 0 Å². The first-order chi connectivity index (χ1) is 7.52. The Kier molecular flexibility index (Phi) is 4.90. The summed E-state index contributed by atoms with van der Waals surface area (Å²) in [6.45, 7) is 4.35. The maximum atomic E-state index is 5.57. The van der Waals surface area contributed by atoms with Crippen molar-refractivity contribution in [1.29, 1.82) is 0 Å². The maximum absolute atomic E-state index is 5.57. The predicted molar refractivity (Wildman–Crippen MR) is 73.5 cm³/mol. The Labute approximate surface area is 103 Å². The quantitative estimate of drug-likeness (QED) is 0.797. The van der Waals surface area contributed by atoms with Crippen molar-refractivity contribution in [3.05, 3.63) is 35.9 Å². The van der Waals surface area contributed by atoms with Crippen molar-refractivity contribution in [3.63, 3.8) is 0 Å². The summed E-state index contributed by atoms with van der Waals surface area (Å²) in [5.74, 6) is 0. The molecule has 2 nitrogen and oxygen atoms in total. The Morgan fingerprint density at radius 1 is 1.31 bits per heavy atom. The molecule has 16 heavy (non-hydrogen) atoms. The van der Waals surface area contributed by atoms with Gasteiger partial charge in [-0.1, -0.05) is 42.5 Å². The lowest BCUT2D eigenvalue weighted by Crippen LogP contribution is -2.34. The van der Waals surface area contributed by atoms with Crippen LogP contribution in [0.5, 0.6) is 0 Å². The minimum Gasteiger partial charge on any atom is -0.393 e. The molecule has 2 N–H and O–H groups in total. The molecule has 1 rings (SSSR count). The number of benzene rings is 1. The van der Waals surface area contributed by atoms with Crippen LogP contribution in [0.4, 0.5) is 0 Å². The predicted octanol–water partition coefficient (Wildman–Crippen LogP) is 2.74. The molecule has 0 fully saturated rings. The van der Waals surface area contributed by atoms with Crippen LogP contribution in [0.25, 0.3) is 0 Å². The Hall–Kier alpha value is -0.930. The van der Waals surface area contributed by atoms with E-state index in [1.165, 1.54) is 5.56 Å². The third-order valence-corrected chi connectivity index (χ3v) is 3.25. The molecule has 3 heteroatoms. The van der Waals surface area contributed by atoms with Crippen LogP contribution in [-0.4, -0.2) is 23.0 Å². The molecule has 0 amide bonds. The van der Waals surface area contributed by atoms with Gasteiger partial charge in [-0.15, -0.1) is 0 Å². The van der Waals surface area contributed by atoms with Crippen LogP contribution in [0.15, 0.2) is 30.3 Å². The van der Waals surface area contributed by atoms with Crippen LogP contribution < -0.4 is 5.73 Å². The molecule has 1 aromatic rings. The summed E-state index contributed by atoms with van der Waals surface area (Å²) in [6, 6.07) is 11.2. The first-order valence-corrected chi connectivity index (χ1v) is 5.98. The average molecular weight is 236 g/mol. The molecule has 2 unspecified atom stereocenters. The summed E-state index contributed by atoms with van der Waals surface area (Å²) in [7, 11) is 2.11. The lowest BCUT2D eigenvalue weighted by molar-refractivity contribution is 0.202. The molecule has 0 saturated carbocycles. The molecule has 0 aliphatic rings. The van der Waals surface area contributed by atoms with Crippen molar-refractivity contribution in [2.24, 2.45) is 5.73 Å². The van der Waals surface area contributed by atoms with E-state index in [9.17, 15) is 0 Å². The molecule has 0 bridgehead atoms. The van der Waals surface area contributed by atoms with Gasteiger partial charge in [0.05, 0.1) is 4.99 Å². The van der Waals surface area contributed by atoms with E-state index >= 15 is 0 Å². The van der Waals surface area contributed by atoms with E-state index < -0.39 is 0 Å². The molecule has 2 atom stereocenters. The molecule has 0 aliphatic heterocycles. The Bertz CT molecular complexity index is 337. The third kappa shape index (κ3) is 3.58. The normalized spacial score (nSPS) is 14.8. The highest BCUT2D eigenvalue weighted by Gasteiger charge is 2.17. The van der Waals surface area contributed by atoms with Gasteiger partial charge in [-0.05, 0) is 26.5 Å². The van der Waals surface area contributed by atoms with Crippen LogP contribution in [0, 0.1) is 0 Å². The molecule has 0 aliphatic carbocycles. The zero-order chi connectivity index (χ0) is 12.1. The standard InChI is InChI=1S/C13H20N2S/c1-10(9-13(14)16)15(3)11(2)12-7-5-4-6-8-12/h4-8,10-11H,9H2,1-3H3,(H2,14,16). The van der Waals surface area contributed by atoms with Gasteiger partial charge in [0, 0.05) is 18.5 Å². The fourth-order valence-corrected chi connectivity index (χ4v) is 2.02. The average Bonchev–Trinajstić information content (AvgIpc) is 2.27. The fraction of sp³-hybridized carbons (Fsp3) is 0.462.